The van der Waals surface area contributed by atoms with Crippen LogP contribution in [-0.2, 0) is 35.6 Å². The predicted molar refractivity (Wildman–Crippen MR) is 148 cm³/mol. The summed E-state index contributed by atoms with van der Waals surface area (Å²) in [6.45, 7) is 2.38. The van der Waals surface area contributed by atoms with Gasteiger partial charge in [0.05, 0.1) is 17.5 Å². The van der Waals surface area contributed by atoms with Crippen LogP contribution in [0.4, 0.5) is 30.7 Å². The third kappa shape index (κ3) is 10.4. The summed E-state index contributed by atoms with van der Waals surface area (Å²) in [5.41, 5.74) is 3.39. The first kappa shape index (κ1) is 35.6. The van der Waals surface area contributed by atoms with Crippen molar-refractivity contribution in [2.24, 2.45) is 0 Å². The molecule has 0 bridgehead atoms. The van der Waals surface area contributed by atoms with Crippen molar-refractivity contribution in [3.8, 4) is 5.82 Å². The van der Waals surface area contributed by atoms with E-state index in [9.17, 15) is 35.5 Å². The summed E-state index contributed by atoms with van der Waals surface area (Å²) >= 11 is 1.69. The van der Waals surface area contributed by atoms with Crippen LogP contribution in [0, 0.1) is 5.82 Å². The van der Waals surface area contributed by atoms with Crippen LogP contribution in [0.3, 0.4) is 0 Å². The molecule has 0 unspecified atom stereocenters. The van der Waals surface area contributed by atoms with E-state index in [1.165, 1.54) is 17.0 Å². The maximum absolute atomic E-state index is 13.3. The molecule has 1 aliphatic rings. The van der Waals surface area contributed by atoms with Gasteiger partial charge in [-0.1, -0.05) is 24.3 Å². The predicted octanol–water partition coefficient (Wildman–Crippen LogP) is 5.22. The molecule has 3 N–H and O–H groups in total. The SMILES string of the molecule is O=C(NCCc1cccs1)c1cnn2c1CN(Cc1ccc(F)cc1)Cc1cccnc1-2.O=C(O)C(F)(F)F.O=C(O)C(F)(F)F. The van der Waals surface area contributed by atoms with E-state index in [0.29, 0.717) is 31.7 Å². The number of fused-ring (bicyclic) bond motifs is 3. The minimum Gasteiger partial charge on any atom is -0.475 e. The van der Waals surface area contributed by atoms with Crippen molar-refractivity contribution in [1.82, 2.24) is 25.0 Å². The monoisotopic (exact) mass is 675 g/mol. The number of pyridine rings is 1. The Labute approximate surface area is 259 Å². The van der Waals surface area contributed by atoms with Crippen molar-refractivity contribution >= 4 is 29.2 Å². The van der Waals surface area contributed by atoms with Crippen molar-refractivity contribution in [3.63, 3.8) is 0 Å². The zero-order valence-electron chi connectivity index (χ0n) is 23.3. The quantitative estimate of drug-likeness (QED) is 0.237. The molecule has 246 valence electrons. The van der Waals surface area contributed by atoms with Crippen LogP contribution < -0.4 is 5.32 Å². The number of rotatable bonds is 6. The second-order valence-corrected chi connectivity index (χ2v) is 10.4. The van der Waals surface area contributed by atoms with Crippen LogP contribution in [0.15, 0.2) is 66.3 Å². The molecule has 18 heteroatoms. The molecule has 0 atom stereocenters. The second-order valence-electron chi connectivity index (χ2n) is 9.37. The topological polar surface area (TPSA) is 138 Å². The molecule has 5 rings (SSSR count). The van der Waals surface area contributed by atoms with E-state index in [2.05, 4.69) is 26.4 Å². The number of carbonyl (C=O) groups excluding carboxylic acids is 1. The highest BCUT2D eigenvalue weighted by Crippen LogP contribution is 2.26. The van der Waals surface area contributed by atoms with Crippen LogP contribution >= 0.6 is 11.3 Å². The van der Waals surface area contributed by atoms with Crippen molar-refractivity contribution in [1.29, 1.82) is 0 Å². The number of aliphatic carboxylic acids is 2. The number of carbonyl (C=O) groups is 3. The smallest absolute Gasteiger partial charge is 0.475 e. The van der Waals surface area contributed by atoms with Gasteiger partial charge in [-0.05, 0) is 41.6 Å². The Morgan fingerprint density at radius 1 is 0.913 bits per heavy atom. The molecule has 10 nitrogen and oxygen atoms in total. The molecule has 0 saturated carbocycles. The van der Waals surface area contributed by atoms with Crippen LogP contribution in [-0.4, -0.2) is 66.6 Å². The highest BCUT2D eigenvalue weighted by atomic mass is 32.1. The molecule has 3 aromatic heterocycles. The highest BCUT2D eigenvalue weighted by molar-refractivity contribution is 7.09. The van der Waals surface area contributed by atoms with Gasteiger partial charge in [-0.2, -0.15) is 31.4 Å². The summed E-state index contributed by atoms with van der Waals surface area (Å²) in [6, 6.07) is 14.5. The van der Waals surface area contributed by atoms with E-state index < -0.39 is 24.3 Å². The first-order valence-corrected chi connectivity index (χ1v) is 13.8. The van der Waals surface area contributed by atoms with Gasteiger partial charge >= 0.3 is 24.3 Å². The van der Waals surface area contributed by atoms with Gasteiger partial charge in [-0.3, -0.25) is 9.69 Å². The molecule has 0 radical (unpaired) electrons. The zero-order valence-corrected chi connectivity index (χ0v) is 24.2. The number of carboxylic acids is 2. The van der Waals surface area contributed by atoms with Gasteiger partial charge in [0.1, 0.15) is 5.82 Å². The van der Waals surface area contributed by atoms with Gasteiger partial charge < -0.3 is 15.5 Å². The molecule has 0 saturated heterocycles. The number of benzene rings is 1. The van der Waals surface area contributed by atoms with Gasteiger partial charge in [0.2, 0.25) is 0 Å². The molecule has 46 heavy (non-hydrogen) atoms. The van der Waals surface area contributed by atoms with Crippen LogP contribution in [0.1, 0.15) is 32.1 Å². The Kier molecular flexibility index (Phi) is 12.0. The zero-order chi connectivity index (χ0) is 34.1. The molecule has 1 aromatic carbocycles. The van der Waals surface area contributed by atoms with E-state index in [1.54, 1.807) is 40.5 Å². The first-order valence-electron chi connectivity index (χ1n) is 12.9. The largest absolute Gasteiger partial charge is 0.490 e. The number of nitrogens with zero attached hydrogens (tertiary/aromatic N) is 4. The van der Waals surface area contributed by atoms with Crippen molar-refractivity contribution in [2.45, 2.75) is 38.4 Å². The highest BCUT2D eigenvalue weighted by Gasteiger charge is 2.39. The number of amides is 1. The van der Waals surface area contributed by atoms with Gasteiger partial charge in [0.25, 0.3) is 5.91 Å². The summed E-state index contributed by atoms with van der Waals surface area (Å²) in [5, 5.41) is 23.8. The van der Waals surface area contributed by atoms with E-state index >= 15 is 0 Å². The van der Waals surface area contributed by atoms with Crippen molar-refractivity contribution < 1.29 is 55.3 Å². The number of aromatic nitrogens is 3. The number of hydrogen-bond acceptors (Lipinski definition) is 7. The third-order valence-electron chi connectivity index (χ3n) is 5.99. The van der Waals surface area contributed by atoms with Gasteiger partial charge in [0, 0.05) is 42.8 Å². The molecule has 0 aliphatic carbocycles. The lowest BCUT2D eigenvalue weighted by atomic mass is 10.1. The maximum atomic E-state index is 13.3. The molecule has 1 amide bonds. The van der Waals surface area contributed by atoms with E-state index in [1.807, 2.05) is 23.6 Å². The standard InChI is InChI=1S/C24H22FN5OS.2C2HF3O2/c25-19-7-5-17(6-8-19)14-29-15-18-3-1-10-26-23(18)30-22(16-29)21(13-28-30)24(31)27-11-9-20-4-2-12-32-20;2*3-2(4,5)1(6)7/h1-8,10,12-13H,9,11,14-16H2,(H,27,31);2*(H,6,7). The van der Waals surface area contributed by atoms with Crippen LogP contribution in [0.25, 0.3) is 5.82 Å². The fourth-order valence-corrected chi connectivity index (χ4v) is 4.67. The number of carboxylic acid groups (broad SMARTS) is 2. The number of nitrogens with one attached hydrogen (secondary N) is 1. The Morgan fingerprint density at radius 3 is 2.11 bits per heavy atom. The maximum Gasteiger partial charge on any atom is 0.490 e. The molecule has 0 fully saturated rings. The third-order valence-corrected chi connectivity index (χ3v) is 6.93. The lowest BCUT2D eigenvalue weighted by molar-refractivity contribution is -0.193. The lowest BCUT2D eigenvalue weighted by Crippen LogP contribution is -2.28. The summed E-state index contributed by atoms with van der Waals surface area (Å²) < 4.78 is 78.6. The molecular weight excluding hydrogens is 651 g/mol. The Bertz CT molecular complexity index is 1600. The van der Waals surface area contributed by atoms with E-state index in [4.69, 9.17) is 19.8 Å². The van der Waals surface area contributed by atoms with E-state index in [0.717, 1.165) is 29.1 Å². The second kappa shape index (κ2) is 15.4. The minimum atomic E-state index is -5.08. The van der Waals surface area contributed by atoms with Crippen molar-refractivity contribution in [2.75, 3.05) is 6.54 Å². The lowest BCUT2D eigenvalue weighted by Gasteiger charge is -2.20. The average Bonchev–Trinajstić information content (AvgIpc) is 3.61. The number of alkyl halides is 6. The van der Waals surface area contributed by atoms with Crippen LogP contribution in [0.2, 0.25) is 0 Å². The fourth-order valence-electron chi connectivity index (χ4n) is 3.96. The first-order chi connectivity index (χ1) is 21.6. The number of thiophene rings is 1. The summed E-state index contributed by atoms with van der Waals surface area (Å²) in [5.74, 6) is -5.16. The molecule has 0 spiro atoms. The Morgan fingerprint density at radius 2 is 1.54 bits per heavy atom. The molecular formula is C28H24F7N5O5S. The fraction of sp³-hybridized carbons (Fsp3) is 0.250. The minimum absolute atomic E-state index is 0.135. The summed E-state index contributed by atoms with van der Waals surface area (Å²) in [6.07, 6.45) is -6.01. The van der Waals surface area contributed by atoms with Gasteiger partial charge in [-0.25, -0.2) is 23.6 Å². The van der Waals surface area contributed by atoms with Crippen LogP contribution in [0.5, 0.6) is 0 Å². The van der Waals surface area contributed by atoms with Gasteiger partial charge in [0.15, 0.2) is 5.82 Å². The summed E-state index contributed by atoms with van der Waals surface area (Å²) in [4.78, 5) is 38.8. The number of halogens is 7. The Balaban J connectivity index is 0.000000345. The molecule has 4 heterocycles. The molecule has 1 aliphatic heterocycles. The van der Waals surface area contributed by atoms with Gasteiger partial charge in [-0.15, -0.1) is 11.3 Å². The van der Waals surface area contributed by atoms with Crippen molar-refractivity contribution in [3.05, 3.63) is 99.4 Å². The Hall–Kier alpha value is -4.84. The number of hydrogen-bond donors (Lipinski definition) is 3. The molecule has 4 aromatic rings. The van der Waals surface area contributed by atoms with E-state index in [-0.39, 0.29) is 11.7 Å². The average molecular weight is 676 g/mol. The normalized spacial score (nSPS) is 12.7. The summed E-state index contributed by atoms with van der Waals surface area (Å²) in [7, 11) is 0.